The molecule has 0 aromatic rings. The number of guanidine groups is 1. The topological polar surface area (TPSA) is 75.6 Å². The molecule has 8 nitrogen and oxygen atoms in total. The maximum atomic E-state index is 12.5. The van der Waals surface area contributed by atoms with Crippen LogP contribution in [0.1, 0.15) is 32.6 Å². The maximum Gasteiger partial charge on any atom is 0.251 e. The van der Waals surface area contributed by atoms with Crippen LogP contribution in [0.3, 0.4) is 0 Å². The van der Waals surface area contributed by atoms with Crippen molar-refractivity contribution in [3.8, 4) is 0 Å². The SMILES string of the molecule is CCNC(=NCC1(OC)CCOCC1)N1CCN(C(=O)C2CCCO2)CC1.I. The maximum absolute atomic E-state index is 12.5. The molecular weight excluding hydrogens is 475 g/mol. The van der Waals surface area contributed by atoms with Gasteiger partial charge in [0.2, 0.25) is 0 Å². The minimum atomic E-state index is -0.228. The number of nitrogens with one attached hydrogen (secondary N) is 1. The molecule has 0 aliphatic carbocycles. The van der Waals surface area contributed by atoms with Crippen molar-refractivity contribution in [3.05, 3.63) is 0 Å². The minimum Gasteiger partial charge on any atom is -0.381 e. The number of nitrogens with zero attached hydrogens (tertiary/aromatic N) is 3. The Kier molecular flexibility index (Phi) is 9.72. The lowest BCUT2D eigenvalue weighted by Crippen LogP contribution is -2.55. The van der Waals surface area contributed by atoms with Crippen molar-refractivity contribution in [2.75, 3.05) is 66.2 Å². The molecule has 9 heteroatoms. The van der Waals surface area contributed by atoms with Gasteiger partial charge in [-0.15, -0.1) is 24.0 Å². The van der Waals surface area contributed by atoms with E-state index < -0.39 is 0 Å². The lowest BCUT2D eigenvalue weighted by Gasteiger charge is -2.38. The van der Waals surface area contributed by atoms with E-state index >= 15 is 0 Å². The Morgan fingerprint density at radius 3 is 2.43 bits per heavy atom. The molecule has 0 radical (unpaired) electrons. The zero-order valence-electron chi connectivity index (χ0n) is 17.2. The summed E-state index contributed by atoms with van der Waals surface area (Å²) in [4.78, 5) is 21.6. The van der Waals surface area contributed by atoms with Gasteiger partial charge in [0.15, 0.2) is 5.96 Å². The van der Waals surface area contributed by atoms with Gasteiger partial charge in [-0.2, -0.15) is 0 Å². The number of hydrogen-bond donors (Lipinski definition) is 1. The third-order valence-corrected chi connectivity index (χ3v) is 5.78. The van der Waals surface area contributed by atoms with Crippen molar-refractivity contribution in [1.29, 1.82) is 0 Å². The van der Waals surface area contributed by atoms with Crippen LogP contribution in [0.4, 0.5) is 0 Å². The quantitative estimate of drug-likeness (QED) is 0.339. The van der Waals surface area contributed by atoms with Gasteiger partial charge in [-0.25, -0.2) is 0 Å². The molecular formula is C19H35IN4O4. The summed E-state index contributed by atoms with van der Waals surface area (Å²) in [5.41, 5.74) is -0.226. The van der Waals surface area contributed by atoms with E-state index in [0.717, 1.165) is 64.5 Å². The Hall–Kier alpha value is -0.650. The van der Waals surface area contributed by atoms with E-state index in [9.17, 15) is 4.79 Å². The summed E-state index contributed by atoms with van der Waals surface area (Å²) in [7, 11) is 1.77. The largest absolute Gasteiger partial charge is 0.381 e. The third-order valence-electron chi connectivity index (χ3n) is 5.78. The molecule has 1 N–H and O–H groups in total. The first-order chi connectivity index (χ1) is 13.2. The number of halogens is 1. The van der Waals surface area contributed by atoms with Crippen LogP contribution in [0.25, 0.3) is 0 Å². The lowest BCUT2D eigenvalue weighted by atomic mass is 9.94. The second kappa shape index (κ2) is 11.5. The fourth-order valence-electron chi connectivity index (χ4n) is 3.93. The normalized spacial score (nSPS) is 25.4. The monoisotopic (exact) mass is 510 g/mol. The van der Waals surface area contributed by atoms with Gasteiger partial charge < -0.3 is 29.3 Å². The van der Waals surface area contributed by atoms with Crippen LogP contribution >= 0.6 is 24.0 Å². The lowest BCUT2D eigenvalue weighted by molar-refractivity contribution is -0.142. The molecule has 0 aromatic heterocycles. The van der Waals surface area contributed by atoms with Crippen LogP contribution in [0, 0.1) is 0 Å². The highest BCUT2D eigenvalue weighted by molar-refractivity contribution is 14.0. The first kappa shape index (κ1) is 23.6. The van der Waals surface area contributed by atoms with E-state index in [1.807, 2.05) is 4.90 Å². The average molecular weight is 510 g/mol. The van der Waals surface area contributed by atoms with E-state index in [1.165, 1.54) is 0 Å². The molecule has 1 atom stereocenters. The summed E-state index contributed by atoms with van der Waals surface area (Å²) >= 11 is 0. The molecule has 3 saturated heterocycles. The zero-order valence-corrected chi connectivity index (χ0v) is 19.5. The Labute approximate surface area is 185 Å². The number of methoxy groups -OCH3 is 1. The van der Waals surface area contributed by atoms with Crippen LogP contribution in [0.15, 0.2) is 4.99 Å². The van der Waals surface area contributed by atoms with Gasteiger partial charge in [0.25, 0.3) is 5.91 Å². The molecule has 0 bridgehead atoms. The second-order valence-electron chi connectivity index (χ2n) is 7.48. The van der Waals surface area contributed by atoms with Crippen molar-refractivity contribution >= 4 is 35.8 Å². The first-order valence-electron chi connectivity index (χ1n) is 10.2. The molecule has 3 fully saturated rings. The molecule has 3 heterocycles. The van der Waals surface area contributed by atoms with Gasteiger partial charge in [0, 0.05) is 72.5 Å². The van der Waals surface area contributed by atoms with Gasteiger partial charge in [0.05, 0.1) is 12.1 Å². The van der Waals surface area contributed by atoms with Crippen LogP contribution in [0.2, 0.25) is 0 Å². The molecule has 1 unspecified atom stereocenters. The summed E-state index contributed by atoms with van der Waals surface area (Å²) in [6.45, 7) is 8.68. The summed E-state index contributed by atoms with van der Waals surface area (Å²) in [5, 5.41) is 3.39. The molecule has 0 aromatic carbocycles. The van der Waals surface area contributed by atoms with E-state index in [-0.39, 0.29) is 41.6 Å². The number of rotatable bonds is 5. The van der Waals surface area contributed by atoms with E-state index in [0.29, 0.717) is 26.2 Å². The van der Waals surface area contributed by atoms with Crippen molar-refractivity contribution in [2.45, 2.75) is 44.3 Å². The molecule has 0 saturated carbocycles. The van der Waals surface area contributed by atoms with Crippen molar-refractivity contribution in [2.24, 2.45) is 4.99 Å². The molecule has 162 valence electrons. The number of aliphatic imine (C=N–C) groups is 1. The highest BCUT2D eigenvalue weighted by Crippen LogP contribution is 2.25. The molecule has 3 rings (SSSR count). The molecule has 1 amide bonds. The number of hydrogen-bond acceptors (Lipinski definition) is 5. The Morgan fingerprint density at radius 1 is 1.18 bits per heavy atom. The van der Waals surface area contributed by atoms with Crippen molar-refractivity contribution in [3.63, 3.8) is 0 Å². The fraction of sp³-hybridized carbons (Fsp3) is 0.895. The van der Waals surface area contributed by atoms with E-state index in [2.05, 4.69) is 17.1 Å². The number of amides is 1. The smallest absolute Gasteiger partial charge is 0.251 e. The van der Waals surface area contributed by atoms with Crippen LogP contribution in [-0.4, -0.2) is 99.6 Å². The second-order valence-corrected chi connectivity index (χ2v) is 7.48. The van der Waals surface area contributed by atoms with E-state index in [1.54, 1.807) is 7.11 Å². The highest BCUT2D eigenvalue weighted by atomic mass is 127. The zero-order chi connectivity index (χ0) is 19.1. The van der Waals surface area contributed by atoms with Gasteiger partial charge >= 0.3 is 0 Å². The van der Waals surface area contributed by atoms with Crippen LogP contribution in [0.5, 0.6) is 0 Å². The Bertz CT molecular complexity index is 514. The number of piperazine rings is 1. The van der Waals surface area contributed by atoms with Crippen LogP contribution in [-0.2, 0) is 19.0 Å². The molecule has 28 heavy (non-hydrogen) atoms. The fourth-order valence-corrected chi connectivity index (χ4v) is 3.93. The summed E-state index contributed by atoms with van der Waals surface area (Å²) in [5.74, 6) is 1.05. The van der Waals surface area contributed by atoms with Gasteiger partial charge in [0.1, 0.15) is 6.10 Å². The summed E-state index contributed by atoms with van der Waals surface area (Å²) < 4.78 is 16.8. The van der Waals surface area contributed by atoms with Gasteiger partial charge in [-0.1, -0.05) is 0 Å². The average Bonchev–Trinajstić information content (AvgIpc) is 3.26. The minimum absolute atomic E-state index is 0. The number of carbonyl (C=O) groups excluding carboxylic acids is 1. The standard InChI is InChI=1S/C19H34N4O4.HI/c1-3-20-18(21-15-19(25-2)6-13-26-14-7-19)23-10-8-22(9-11-23)17(24)16-5-4-12-27-16;/h16H,3-15H2,1-2H3,(H,20,21);1H. The molecule has 3 aliphatic rings. The Balaban J connectivity index is 0.00000280. The summed E-state index contributed by atoms with van der Waals surface area (Å²) in [6, 6.07) is 0. The summed E-state index contributed by atoms with van der Waals surface area (Å²) in [6.07, 6.45) is 3.35. The predicted molar refractivity (Wildman–Crippen MR) is 118 cm³/mol. The first-order valence-corrected chi connectivity index (χ1v) is 10.2. The number of carbonyl (C=O) groups is 1. The highest BCUT2D eigenvalue weighted by Gasteiger charge is 2.34. The third kappa shape index (κ3) is 5.93. The molecule has 0 spiro atoms. The van der Waals surface area contributed by atoms with Gasteiger partial charge in [-0.05, 0) is 19.8 Å². The van der Waals surface area contributed by atoms with Crippen LogP contribution < -0.4 is 5.32 Å². The molecule has 3 aliphatic heterocycles. The van der Waals surface area contributed by atoms with Crippen molar-refractivity contribution < 1.29 is 19.0 Å². The van der Waals surface area contributed by atoms with Gasteiger partial charge in [-0.3, -0.25) is 9.79 Å². The predicted octanol–water partition coefficient (Wildman–Crippen LogP) is 1.09. The Morgan fingerprint density at radius 2 is 1.86 bits per heavy atom. The number of ether oxygens (including phenoxy) is 3. The van der Waals surface area contributed by atoms with Crippen molar-refractivity contribution in [1.82, 2.24) is 15.1 Å². The van der Waals surface area contributed by atoms with E-state index in [4.69, 9.17) is 19.2 Å².